The lowest BCUT2D eigenvalue weighted by Gasteiger charge is -2.12. The standard InChI is InChI=1S/C11H20N4O2/c1-3-15-10(9(12)7-14-15)11(17)13-6-8(2)4-5-16/h7-8,16H,3-6,12H2,1-2H3,(H,13,17). The van der Waals surface area contributed by atoms with Gasteiger partial charge in [0, 0.05) is 19.7 Å². The number of hydrogen-bond donors (Lipinski definition) is 3. The van der Waals surface area contributed by atoms with Crippen LogP contribution in [0.25, 0.3) is 0 Å². The van der Waals surface area contributed by atoms with E-state index in [1.54, 1.807) is 4.68 Å². The molecule has 0 saturated heterocycles. The van der Waals surface area contributed by atoms with Crippen molar-refractivity contribution in [2.75, 3.05) is 18.9 Å². The molecule has 0 bridgehead atoms. The van der Waals surface area contributed by atoms with Gasteiger partial charge in [0.25, 0.3) is 5.91 Å². The Hall–Kier alpha value is -1.56. The van der Waals surface area contributed by atoms with Crippen molar-refractivity contribution in [2.45, 2.75) is 26.8 Å². The van der Waals surface area contributed by atoms with Gasteiger partial charge < -0.3 is 16.2 Å². The summed E-state index contributed by atoms with van der Waals surface area (Å²) in [6, 6.07) is 0. The molecule has 1 aromatic heterocycles. The number of carbonyl (C=O) groups is 1. The summed E-state index contributed by atoms with van der Waals surface area (Å²) in [6.07, 6.45) is 2.15. The Morgan fingerprint density at radius 2 is 2.41 bits per heavy atom. The second-order valence-electron chi connectivity index (χ2n) is 4.09. The van der Waals surface area contributed by atoms with E-state index < -0.39 is 0 Å². The van der Waals surface area contributed by atoms with Gasteiger partial charge in [0.15, 0.2) is 0 Å². The van der Waals surface area contributed by atoms with E-state index >= 15 is 0 Å². The van der Waals surface area contributed by atoms with Gasteiger partial charge in [-0.1, -0.05) is 6.92 Å². The predicted molar refractivity (Wildman–Crippen MR) is 65.5 cm³/mol. The van der Waals surface area contributed by atoms with Crippen molar-refractivity contribution >= 4 is 11.6 Å². The Morgan fingerprint density at radius 3 is 3.00 bits per heavy atom. The van der Waals surface area contributed by atoms with Crippen molar-refractivity contribution in [1.29, 1.82) is 0 Å². The summed E-state index contributed by atoms with van der Waals surface area (Å²) in [5, 5.41) is 15.6. The first-order valence-electron chi connectivity index (χ1n) is 5.80. The fraction of sp³-hybridized carbons (Fsp3) is 0.636. The molecule has 6 heteroatoms. The summed E-state index contributed by atoms with van der Waals surface area (Å²) in [7, 11) is 0. The lowest BCUT2D eigenvalue weighted by molar-refractivity contribution is 0.0935. The van der Waals surface area contributed by atoms with Crippen molar-refractivity contribution < 1.29 is 9.90 Å². The summed E-state index contributed by atoms with van der Waals surface area (Å²) in [5.74, 6) is 0.0230. The molecule has 0 aliphatic heterocycles. The quantitative estimate of drug-likeness (QED) is 0.663. The largest absolute Gasteiger partial charge is 0.396 e. The Balaban J connectivity index is 2.60. The van der Waals surface area contributed by atoms with Crippen LogP contribution in [-0.2, 0) is 6.54 Å². The first kappa shape index (κ1) is 13.5. The van der Waals surface area contributed by atoms with Gasteiger partial charge in [0.1, 0.15) is 5.69 Å². The Labute approximate surface area is 101 Å². The maximum absolute atomic E-state index is 11.9. The van der Waals surface area contributed by atoms with E-state index in [9.17, 15) is 4.79 Å². The normalized spacial score (nSPS) is 12.4. The highest BCUT2D eigenvalue weighted by molar-refractivity contribution is 5.97. The number of anilines is 1. The van der Waals surface area contributed by atoms with Crippen LogP contribution in [0.2, 0.25) is 0 Å². The average Bonchev–Trinajstić information content (AvgIpc) is 2.68. The maximum atomic E-state index is 11.9. The van der Waals surface area contributed by atoms with Gasteiger partial charge >= 0.3 is 0 Å². The van der Waals surface area contributed by atoms with Crippen LogP contribution in [0, 0.1) is 5.92 Å². The molecule has 96 valence electrons. The molecule has 4 N–H and O–H groups in total. The lowest BCUT2D eigenvalue weighted by atomic mass is 10.1. The minimum Gasteiger partial charge on any atom is -0.396 e. The van der Waals surface area contributed by atoms with Gasteiger partial charge in [-0.3, -0.25) is 9.48 Å². The monoisotopic (exact) mass is 240 g/mol. The zero-order valence-corrected chi connectivity index (χ0v) is 10.3. The molecule has 1 atom stereocenters. The SMILES string of the molecule is CCn1ncc(N)c1C(=O)NCC(C)CCO. The molecule has 0 aliphatic rings. The maximum Gasteiger partial charge on any atom is 0.271 e. The highest BCUT2D eigenvalue weighted by Gasteiger charge is 2.16. The smallest absolute Gasteiger partial charge is 0.271 e. The molecular formula is C11H20N4O2. The average molecular weight is 240 g/mol. The van der Waals surface area contributed by atoms with Crippen LogP contribution >= 0.6 is 0 Å². The van der Waals surface area contributed by atoms with Crippen LogP contribution in [0.3, 0.4) is 0 Å². The number of nitrogens with one attached hydrogen (secondary N) is 1. The number of nitrogens with two attached hydrogens (primary N) is 1. The Bertz CT molecular complexity index is 376. The summed E-state index contributed by atoms with van der Waals surface area (Å²) in [6.45, 7) is 5.13. The molecule has 17 heavy (non-hydrogen) atoms. The number of aliphatic hydroxyl groups excluding tert-OH is 1. The topological polar surface area (TPSA) is 93.2 Å². The number of aliphatic hydroxyl groups is 1. The zero-order valence-electron chi connectivity index (χ0n) is 10.3. The number of rotatable bonds is 6. The predicted octanol–water partition coefficient (Wildman–Crippen LogP) is 0.233. The number of nitrogens with zero attached hydrogens (tertiary/aromatic N) is 2. The van der Waals surface area contributed by atoms with Crippen LogP contribution in [-0.4, -0.2) is 33.9 Å². The number of amides is 1. The molecule has 1 unspecified atom stereocenters. The fourth-order valence-electron chi connectivity index (χ4n) is 1.56. The molecule has 6 nitrogen and oxygen atoms in total. The highest BCUT2D eigenvalue weighted by Crippen LogP contribution is 2.10. The van der Waals surface area contributed by atoms with Gasteiger partial charge in [-0.25, -0.2) is 0 Å². The first-order valence-corrected chi connectivity index (χ1v) is 5.80. The summed E-state index contributed by atoms with van der Waals surface area (Å²) in [5.41, 5.74) is 6.49. The molecule has 0 spiro atoms. The Kier molecular flexibility index (Phi) is 4.96. The van der Waals surface area contributed by atoms with Gasteiger partial charge in [0.05, 0.1) is 11.9 Å². The molecular weight excluding hydrogens is 220 g/mol. The van der Waals surface area contributed by atoms with Crippen molar-refractivity contribution in [1.82, 2.24) is 15.1 Å². The molecule has 1 rings (SSSR count). The van der Waals surface area contributed by atoms with Crippen LogP contribution in [0.15, 0.2) is 6.20 Å². The molecule has 1 heterocycles. The molecule has 0 fully saturated rings. The highest BCUT2D eigenvalue weighted by atomic mass is 16.3. The second-order valence-corrected chi connectivity index (χ2v) is 4.09. The fourth-order valence-corrected chi connectivity index (χ4v) is 1.56. The number of hydrogen-bond acceptors (Lipinski definition) is 4. The Morgan fingerprint density at radius 1 is 1.71 bits per heavy atom. The van der Waals surface area contributed by atoms with Gasteiger partial charge in [-0.2, -0.15) is 5.10 Å². The van der Waals surface area contributed by atoms with E-state index in [0.717, 1.165) is 0 Å². The van der Waals surface area contributed by atoms with E-state index in [4.69, 9.17) is 10.8 Å². The van der Waals surface area contributed by atoms with E-state index in [2.05, 4.69) is 10.4 Å². The van der Waals surface area contributed by atoms with E-state index in [-0.39, 0.29) is 18.4 Å². The van der Waals surface area contributed by atoms with Gasteiger partial charge in [0.2, 0.25) is 0 Å². The lowest BCUT2D eigenvalue weighted by Crippen LogP contribution is -2.31. The van der Waals surface area contributed by atoms with Crippen molar-refractivity contribution in [3.8, 4) is 0 Å². The summed E-state index contributed by atoms with van der Waals surface area (Å²) >= 11 is 0. The molecule has 1 aromatic rings. The van der Waals surface area contributed by atoms with Crippen LogP contribution in [0.5, 0.6) is 0 Å². The van der Waals surface area contributed by atoms with Crippen LogP contribution < -0.4 is 11.1 Å². The van der Waals surface area contributed by atoms with Crippen LogP contribution in [0.1, 0.15) is 30.8 Å². The number of carbonyl (C=O) groups excluding carboxylic acids is 1. The van der Waals surface area contributed by atoms with E-state index in [1.807, 2.05) is 13.8 Å². The number of aryl methyl sites for hydroxylation is 1. The third-order valence-electron chi connectivity index (χ3n) is 2.62. The zero-order chi connectivity index (χ0) is 12.8. The molecule has 0 aliphatic carbocycles. The summed E-state index contributed by atoms with van der Waals surface area (Å²) < 4.78 is 1.57. The third kappa shape index (κ3) is 3.45. The molecule has 0 aromatic carbocycles. The summed E-state index contributed by atoms with van der Waals surface area (Å²) in [4.78, 5) is 11.9. The van der Waals surface area contributed by atoms with Crippen molar-refractivity contribution in [3.63, 3.8) is 0 Å². The minimum atomic E-state index is -0.216. The number of aromatic nitrogens is 2. The second kappa shape index (κ2) is 6.24. The minimum absolute atomic E-state index is 0.131. The number of nitrogen functional groups attached to an aromatic ring is 1. The molecule has 1 amide bonds. The van der Waals surface area contributed by atoms with Gasteiger partial charge in [-0.15, -0.1) is 0 Å². The third-order valence-corrected chi connectivity index (χ3v) is 2.62. The van der Waals surface area contributed by atoms with E-state index in [1.165, 1.54) is 6.20 Å². The first-order chi connectivity index (χ1) is 8.10. The van der Waals surface area contributed by atoms with E-state index in [0.29, 0.717) is 30.9 Å². The van der Waals surface area contributed by atoms with Crippen LogP contribution in [0.4, 0.5) is 5.69 Å². The molecule has 0 saturated carbocycles. The van der Waals surface area contributed by atoms with Crippen molar-refractivity contribution in [3.05, 3.63) is 11.9 Å². The van der Waals surface area contributed by atoms with Gasteiger partial charge in [-0.05, 0) is 19.3 Å². The molecule has 0 radical (unpaired) electrons. The van der Waals surface area contributed by atoms with Crippen molar-refractivity contribution in [2.24, 2.45) is 5.92 Å².